The third-order valence-corrected chi connectivity index (χ3v) is 7.67. The number of aliphatic hydroxyl groups is 1. The zero-order chi connectivity index (χ0) is 19.0. The molecule has 2 atom stereocenters. The molecule has 1 saturated carbocycles. The van der Waals surface area contributed by atoms with Crippen LogP contribution >= 0.6 is 0 Å². The predicted molar refractivity (Wildman–Crippen MR) is 93.9 cm³/mol. The molecule has 2 aliphatic rings. The first-order valence-corrected chi connectivity index (χ1v) is 10.5. The molecule has 0 aromatic heterocycles. The second-order valence-electron chi connectivity index (χ2n) is 7.72. The van der Waals surface area contributed by atoms with Crippen LogP contribution in [0.1, 0.15) is 39.0 Å². The van der Waals surface area contributed by atoms with Gasteiger partial charge in [0.15, 0.2) is 9.84 Å². The number of nitrogens with zero attached hydrogens (tertiary/aromatic N) is 2. The minimum absolute atomic E-state index is 0.0351. The van der Waals surface area contributed by atoms with Crippen LogP contribution in [0.4, 0.5) is 4.79 Å². The molecule has 1 aliphatic heterocycles. The van der Waals surface area contributed by atoms with Gasteiger partial charge in [-0.3, -0.25) is 4.79 Å². The molecule has 2 fully saturated rings. The number of β-amino-alcohol motifs (C(OH)–C–C–N with tert-alkyl or cyclic N) is 1. The van der Waals surface area contributed by atoms with Crippen molar-refractivity contribution in [3.05, 3.63) is 0 Å². The average molecular weight is 375 g/mol. The zero-order valence-electron chi connectivity index (χ0n) is 15.4. The van der Waals surface area contributed by atoms with Gasteiger partial charge in [-0.1, -0.05) is 0 Å². The Kier molecular flexibility index (Phi) is 5.39. The van der Waals surface area contributed by atoms with Crippen LogP contribution < -0.4 is 5.32 Å². The number of urea groups is 1. The van der Waals surface area contributed by atoms with Gasteiger partial charge < -0.3 is 20.2 Å². The summed E-state index contributed by atoms with van der Waals surface area (Å²) < 4.78 is 23.0. The Morgan fingerprint density at radius 3 is 2.36 bits per heavy atom. The molecule has 0 spiro atoms. The highest BCUT2D eigenvalue weighted by atomic mass is 32.2. The normalized spacial score (nSPS) is 26.7. The first-order valence-electron chi connectivity index (χ1n) is 8.58. The summed E-state index contributed by atoms with van der Waals surface area (Å²) in [5.41, 5.74) is -1.24. The lowest BCUT2D eigenvalue weighted by Crippen LogP contribution is -2.57. The number of hydrogen-bond donors (Lipinski definition) is 2. The smallest absolute Gasteiger partial charge is 0.317 e. The molecule has 144 valence electrons. The molecule has 1 heterocycles. The molecule has 1 aliphatic carbocycles. The van der Waals surface area contributed by atoms with Crippen molar-refractivity contribution in [3.63, 3.8) is 0 Å². The van der Waals surface area contributed by atoms with E-state index in [0.717, 1.165) is 0 Å². The molecular formula is C16H29N3O5S. The van der Waals surface area contributed by atoms with Crippen molar-refractivity contribution < 1.29 is 23.1 Å². The van der Waals surface area contributed by atoms with E-state index in [1.165, 1.54) is 16.1 Å². The van der Waals surface area contributed by atoms with Crippen molar-refractivity contribution in [2.24, 2.45) is 0 Å². The van der Waals surface area contributed by atoms with Crippen LogP contribution in [0.25, 0.3) is 0 Å². The minimum atomic E-state index is -3.25. The van der Waals surface area contributed by atoms with Gasteiger partial charge in [0.2, 0.25) is 5.91 Å². The summed E-state index contributed by atoms with van der Waals surface area (Å²) >= 11 is 0. The van der Waals surface area contributed by atoms with Crippen LogP contribution in [0.3, 0.4) is 0 Å². The number of nitrogens with one attached hydrogen (secondary N) is 1. The van der Waals surface area contributed by atoms with Crippen LogP contribution in [0.5, 0.6) is 0 Å². The number of carbonyl (C=O) groups is 2. The fourth-order valence-corrected chi connectivity index (χ4v) is 5.07. The Hall–Kier alpha value is -1.35. The summed E-state index contributed by atoms with van der Waals surface area (Å²) in [5, 5.41) is 13.5. The van der Waals surface area contributed by atoms with Gasteiger partial charge in [-0.15, -0.1) is 0 Å². The molecule has 3 amide bonds. The van der Waals surface area contributed by atoms with Crippen LogP contribution in [0.15, 0.2) is 0 Å². The van der Waals surface area contributed by atoms with Gasteiger partial charge in [0.25, 0.3) is 0 Å². The van der Waals surface area contributed by atoms with Gasteiger partial charge in [0.05, 0.1) is 23.3 Å². The Bertz CT molecular complexity index is 644. The number of sulfone groups is 1. The summed E-state index contributed by atoms with van der Waals surface area (Å²) in [6, 6.07) is -0.883. The molecule has 0 aromatic rings. The van der Waals surface area contributed by atoms with E-state index in [9.17, 15) is 23.1 Å². The van der Waals surface area contributed by atoms with Crippen molar-refractivity contribution in [1.29, 1.82) is 0 Å². The Balaban J connectivity index is 1.99. The van der Waals surface area contributed by atoms with E-state index in [1.54, 1.807) is 21.0 Å². The molecule has 0 bridgehead atoms. The molecule has 0 radical (unpaired) electrons. The second kappa shape index (κ2) is 6.75. The van der Waals surface area contributed by atoms with Gasteiger partial charge in [0, 0.05) is 32.9 Å². The number of rotatable bonds is 5. The lowest BCUT2D eigenvalue weighted by molar-refractivity contribution is -0.135. The van der Waals surface area contributed by atoms with E-state index in [2.05, 4.69) is 5.32 Å². The average Bonchev–Trinajstić information content (AvgIpc) is 3.27. The summed E-state index contributed by atoms with van der Waals surface area (Å²) in [7, 11) is 0.00398. The second-order valence-corrected chi connectivity index (χ2v) is 10.1. The van der Waals surface area contributed by atoms with Crippen molar-refractivity contribution in [3.8, 4) is 0 Å². The van der Waals surface area contributed by atoms with Gasteiger partial charge >= 0.3 is 6.03 Å². The number of amides is 3. The molecule has 1 saturated heterocycles. The van der Waals surface area contributed by atoms with Crippen LogP contribution in [0, 0.1) is 0 Å². The van der Waals surface area contributed by atoms with Gasteiger partial charge in [-0.05, 0) is 32.6 Å². The molecule has 25 heavy (non-hydrogen) atoms. The third kappa shape index (κ3) is 4.25. The largest absolute Gasteiger partial charge is 0.387 e. The molecule has 2 unspecified atom stereocenters. The predicted octanol–water partition coefficient (Wildman–Crippen LogP) is -0.0331. The topological polar surface area (TPSA) is 107 Å². The molecule has 2 rings (SSSR count). The Labute approximate surface area is 149 Å². The molecular weight excluding hydrogens is 346 g/mol. The highest BCUT2D eigenvalue weighted by Crippen LogP contribution is 2.46. The third-order valence-electron chi connectivity index (χ3n) is 5.43. The highest BCUT2D eigenvalue weighted by Gasteiger charge is 2.56. The maximum Gasteiger partial charge on any atom is 0.317 e. The number of carbonyl (C=O) groups excluding carboxylic acids is 2. The van der Waals surface area contributed by atoms with Crippen LogP contribution in [-0.2, 0) is 14.6 Å². The van der Waals surface area contributed by atoms with E-state index in [0.29, 0.717) is 32.2 Å². The van der Waals surface area contributed by atoms with E-state index in [1.807, 2.05) is 0 Å². The maximum atomic E-state index is 12.5. The Morgan fingerprint density at radius 2 is 1.88 bits per heavy atom. The fourth-order valence-electron chi connectivity index (χ4n) is 3.53. The van der Waals surface area contributed by atoms with E-state index < -0.39 is 32.3 Å². The fraction of sp³-hybridized carbons (Fsp3) is 0.875. The first-order chi connectivity index (χ1) is 11.4. The minimum Gasteiger partial charge on any atom is -0.387 e. The zero-order valence-corrected chi connectivity index (χ0v) is 16.2. The molecule has 0 aromatic carbocycles. The molecule has 9 heteroatoms. The van der Waals surface area contributed by atoms with Crippen molar-refractivity contribution in [2.75, 3.05) is 33.4 Å². The Morgan fingerprint density at radius 1 is 1.28 bits per heavy atom. The maximum absolute atomic E-state index is 12.5. The van der Waals surface area contributed by atoms with Gasteiger partial charge in [-0.25, -0.2) is 13.2 Å². The summed E-state index contributed by atoms with van der Waals surface area (Å²) in [6.07, 6.45) is 3.32. The van der Waals surface area contributed by atoms with Gasteiger partial charge in [-0.2, -0.15) is 0 Å². The van der Waals surface area contributed by atoms with Crippen molar-refractivity contribution in [1.82, 2.24) is 15.1 Å². The standard InChI is InChI=1S/C16H29N3O5S/c1-12(16(7-8-16)25(4,23)24)17-14(21)19-9-5-6-15(22,11-19)10-13(20)18(2)3/h12,22H,5-11H2,1-4H3,(H,17,21). The van der Waals surface area contributed by atoms with Crippen LogP contribution in [-0.4, -0.2) is 85.1 Å². The lowest BCUT2D eigenvalue weighted by atomic mass is 9.89. The number of hydrogen-bond acceptors (Lipinski definition) is 5. The molecule has 8 nitrogen and oxygen atoms in total. The quantitative estimate of drug-likeness (QED) is 0.702. The summed E-state index contributed by atoms with van der Waals surface area (Å²) in [4.78, 5) is 27.3. The monoisotopic (exact) mass is 375 g/mol. The lowest BCUT2D eigenvalue weighted by Gasteiger charge is -2.40. The van der Waals surface area contributed by atoms with Crippen molar-refractivity contribution in [2.45, 2.75) is 55.4 Å². The summed E-state index contributed by atoms with van der Waals surface area (Å²) in [6.45, 7) is 2.25. The number of piperidine rings is 1. The SMILES string of the molecule is CC(NC(=O)N1CCCC(O)(CC(=O)N(C)C)C1)C1(S(C)(=O)=O)CC1. The van der Waals surface area contributed by atoms with Crippen molar-refractivity contribution >= 4 is 21.8 Å². The first kappa shape index (κ1) is 20.0. The van der Waals surface area contributed by atoms with E-state index in [4.69, 9.17) is 0 Å². The molecule has 2 N–H and O–H groups in total. The van der Waals surface area contributed by atoms with Crippen LogP contribution in [0.2, 0.25) is 0 Å². The van der Waals surface area contributed by atoms with E-state index >= 15 is 0 Å². The van der Waals surface area contributed by atoms with E-state index in [-0.39, 0.29) is 18.9 Å². The summed E-state index contributed by atoms with van der Waals surface area (Å²) in [5.74, 6) is -0.188. The highest BCUT2D eigenvalue weighted by molar-refractivity contribution is 7.92. The van der Waals surface area contributed by atoms with Gasteiger partial charge in [0.1, 0.15) is 0 Å². The number of likely N-dealkylation sites (tertiary alicyclic amines) is 1.